The molecule has 0 aliphatic heterocycles. The first-order chi connectivity index (χ1) is 9.99. The van der Waals surface area contributed by atoms with Crippen molar-refractivity contribution >= 4 is 5.82 Å². The summed E-state index contributed by atoms with van der Waals surface area (Å²) in [5, 5.41) is 3.56. The summed E-state index contributed by atoms with van der Waals surface area (Å²) in [5.41, 5.74) is 7.40. The topological polar surface area (TPSA) is 54.2 Å². The summed E-state index contributed by atoms with van der Waals surface area (Å²) in [5.74, 6) is 1.51. The molecule has 21 heavy (non-hydrogen) atoms. The van der Waals surface area contributed by atoms with E-state index in [4.69, 9.17) is 5.73 Å². The molecule has 1 saturated carbocycles. The molecular formula is C17H30N4. The number of pyridine rings is 1. The molecule has 1 aromatic rings. The maximum absolute atomic E-state index is 6.04. The van der Waals surface area contributed by atoms with E-state index in [1.54, 1.807) is 6.20 Å². The molecule has 0 radical (unpaired) electrons. The Morgan fingerprint density at radius 3 is 2.62 bits per heavy atom. The zero-order chi connectivity index (χ0) is 15.5. The van der Waals surface area contributed by atoms with E-state index in [2.05, 4.69) is 49.3 Å². The van der Waals surface area contributed by atoms with Crippen molar-refractivity contribution < 1.29 is 0 Å². The van der Waals surface area contributed by atoms with Gasteiger partial charge in [-0.2, -0.15) is 0 Å². The number of nitrogen functional groups attached to an aromatic ring is 1. The Bertz CT molecular complexity index is 450. The van der Waals surface area contributed by atoms with Gasteiger partial charge in [-0.15, -0.1) is 0 Å². The predicted octanol–water partition coefficient (Wildman–Crippen LogP) is 2.30. The van der Waals surface area contributed by atoms with Gasteiger partial charge in [0.05, 0.1) is 0 Å². The van der Waals surface area contributed by atoms with Gasteiger partial charge in [0, 0.05) is 17.8 Å². The Labute approximate surface area is 129 Å². The summed E-state index contributed by atoms with van der Waals surface area (Å²) >= 11 is 0. The fourth-order valence-electron chi connectivity index (χ4n) is 3.77. The summed E-state index contributed by atoms with van der Waals surface area (Å²) in [6.45, 7) is 2.37. The van der Waals surface area contributed by atoms with E-state index in [9.17, 15) is 0 Å². The number of likely N-dealkylation sites (N-methyl/N-ethyl adjacent to an activating group) is 2. The first-order valence-electron chi connectivity index (χ1n) is 8.03. The number of hydrogen-bond acceptors (Lipinski definition) is 4. The number of rotatable bonds is 5. The second-order valence-electron chi connectivity index (χ2n) is 6.77. The Hall–Kier alpha value is -1.13. The molecule has 1 aliphatic rings. The van der Waals surface area contributed by atoms with E-state index in [0.29, 0.717) is 11.9 Å². The van der Waals surface area contributed by atoms with Crippen LogP contribution in [0.15, 0.2) is 18.3 Å². The lowest BCUT2D eigenvalue weighted by Gasteiger charge is -2.50. The van der Waals surface area contributed by atoms with E-state index < -0.39 is 0 Å². The first kappa shape index (κ1) is 16.2. The second kappa shape index (κ2) is 6.75. The Balaban J connectivity index is 2.23. The quantitative estimate of drug-likeness (QED) is 0.874. The lowest BCUT2D eigenvalue weighted by Crippen LogP contribution is -2.60. The highest BCUT2D eigenvalue weighted by molar-refractivity contribution is 5.39. The highest BCUT2D eigenvalue weighted by Crippen LogP contribution is 2.38. The lowest BCUT2D eigenvalue weighted by atomic mass is 9.70. The van der Waals surface area contributed by atoms with Gasteiger partial charge in [0.1, 0.15) is 5.82 Å². The maximum atomic E-state index is 6.04. The van der Waals surface area contributed by atoms with Gasteiger partial charge in [-0.1, -0.05) is 13.0 Å². The van der Waals surface area contributed by atoms with E-state index in [1.165, 1.54) is 25.7 Å². The van der Waals surface area contributed by atoms with Gasteiger partial charge < -0.3 is 16.0 Å². The summed E-state index contributed by atoms with van der Waals surface area (Å²) < 4.78 is 0. The molecule has 1 aromatic heterocycles. The summed E-state index contributed by atoms with van der Waals surface area (Å²) in [6, 6.07) is 4.47. The molecule has 1 unspecified atom stereocenters. The standard InChI is InChI=1S/C17H30N4/c1-13-7-9-17(10-8-13,21(3)4)15(19-2)12-14-6-5-11-20-16(14)18/h5-6,11,13,15,19H,7-10,12H2,1-4H3,(H2,18,20). The molecule has 118 valence electrons. The van der Waals surface area contributed by atoms with Crippen LogP contribution in [-0.4, -0.2) is 42.6 Å². The molecule has 0 spiro atoms. The molecule has 1 aliphatic carbocycles. The van der Waals surface area contributed by atoms with Gasteiger partial charge in [-0.3, -0.25) is 0 Å². The van der Waals surface area contributed by atoms with Crippen LogP contribution in [-0.2, 0) is 6.42 Å². The van der Waals surface area contributed by atoms with Crippen molar-refractivity contribution in [1.29, 1.82) is 0 Å². The molecule has 0 amide bonds. The van der Waals surface area contributed by atoms with Crippen LogP contribution >= 0.6 is 0 Å². The molecule has 0 saturated heterocycles. The normalized spacial score (nSPS) is 27.8. The smallest absolute Gasteiger partial charge is 0.126 e. The molecule has 1 atom stereocenters. The van der Waals surface area contributed by atoms with Crippen LogP contribution in [0.25, 0.3) is 0 Å². The number of hydrogen-bond donors (Lipinski definition) is 2. The van der Waals surface area contributed by atoms with Crippen LogP contribution in [0.3, 0.4) is 0 Å². The van der Waals surface area contributed by atoms with E-state index >= 15 is 0 Å². The molecule has 2 rings (SSSR count). The largest absolute Gasteiger partial charge is 0.383 e. The monoisotopic (exact) mass is 290 g/mol. The minimum atomic E-state index is 0.212. The third-order valence-electron chi connectivity index (χ3n) is 5.38. The van der Waals surface area contributed by atoms with Crippen molar-refractivity contribution in [3.05, 3.63) is 23.9 Å². The number of nitrogens with two attached hydrogens (primary N) is 1. The Morgan fingerprint density at radius 1 is 1.43 bits per heavy atom. The number of aromatic nitrogens is 1. The lowest BCUT2D eigenvalue weighted by molar-refractivity contribution is 0.0461. The van der Waals surface area contributed by atoms with E-state index in [1.807, 2.05) is 6.07 Å². The van der Waals surface area contributed by atoms with Crippen molar-refractivity contribution in [1.82, 2.24) is 15.2 Å². The minimum absolute atomic E-state index is 0.212. The molecule has 4 nitrogen and oxygen atoms in total. The van der Waals surface area contributed by atoms with Crippen LogP contribution in [0.1, 0.15) is 38.2 Å². The average Bonchev–Trinajstić information content (AvgIpc) is 2.47. The Morgan fingerprint density at radius 2 is 2.10 bits per heavy atom. The average molecular weight is 290 g/mol. The zero-order valence-electron chi connectivity index (χ0n) is 13.9. The molecule has 1 fully saturated rings. The second-order valence-corrected chi connectivity index (χ2v) is 6.77. The Kier molecular flexibility index (Phi) is 5.22. The highest BCUT2D eigenvalue weighted by Gasteiger charge is 2.42. The van der Waals surface area contributed by atoms with Gasteiger partial charge in [0.25, 0.3) is 0 Å². The van der Waals surface area contributed by atoms with Crippen molar-refractivity contribution in [2.75, 3.05) is 26.9 Å². The van der Waals surface area contributed by atoms with E-state index in [0.717, 1.165) is 17.9 Å². The van der Waals surface area contributed by atoms with Crippen LogP contribution in [0.4, 0.5) is 5.82 Å². The fourth-order valence-corrected chi connectivity index (χ4v) is 3.77. The van der Waals surface area contributed by atoms with Gasteiger partial charge >= 0.3 is 0 Å². The fraction of sp³-hybridized carbons (Fsp3) is 0.706. The molecule has 0 bridgehead atoms. The van der Waals surface area contributed by atoms with Crippen molar-refractivity contribution in [2.45, 2.75) is 50.6 Å². The number of nitrogens with one attached hydrogen (secondary N) is 1. The molecule has 3 N–H and O–H groups in total. The van der Waals surface area contributed by atoms with Crippen LogP contribution in [0.5, 0.6) is 0 Å². The molecular weight excluding hydrogens is 260 g/mol. The summed E-state index contributed by atoms with van der Waals surface area (Å²) in [6.07, 6.45) is 7.79. The van der Waals surface area contributed by atoms with Gasteiger partial charge in [0.2, 0.25) is 0 Å². The number of anilines is 1. The maximum Gasteiger partial charge on any atom is 0.126 e. The van der Waals surface area contributed by atoms with Crippen molar-refractivity contribution in [3.8, 4) is 0 Å². The van der Waals surface area contributed by atoms with Gasteiger partial charge in [-0.05, 0) is 70.8 Å². The predicted molar refractivity (Wildman–Crippen MR) is 89.3 cm³/mol. The van der Waals surface area contributed by atoms with E-state index in [-0.39, 0.29) is 5.54 Å². The summed E-state index contributed by atoms with van der Waals surface area (Å²) in [4.78, 5) is 6.65. The third kappa shape index (κ3) is 3.38. The minimum Gasteiger partial charge on any atom is -0.383 e. The molecule has 0 aromatic carbocycles. The zero-order valence-corrected chi connectivity index (χ0v) is 13.9. The number of nitrogens with zero attached hydrogens (tertiary/aromatic N) is 2. The molecule has 4 heteroatoms. The van der Waals surface area contributed by atoms with Crippen LogP contribution in [0.2, 0.25) is 0 Å². The van der Waals surface area contributed by atoms with Crippen LogP contribution in [0, 0.1) is 5.92 Å². The first-order valence-corrected chi connectivity index (χ1v) is 8.03. The van der Waals surface area contributed by atoms with Crippen LogP contribution < -0.4 is 11.1 Å². The SMILES string of the molecule is CNC(Cc1cccnc1N)C1(N(C)C)CCC(C)CC1. The van der Waals surface area contributed by atoms with Gasteiger partial charge in [0.15, 0.2) is 0 Å². The van der Waals surface area contributed by atoms with Crippen molar-refractivity contribution in [2.24, 2.45) is 5.92 Å². The highest BCUT2D eigenvalue weighted by atomic mass is 15.2. The molecule has 1 heterocycles. The summed E-state index contributed by atoms with van der Waals surface area (Å²) in [7, 11) is 6.50. The third-order valence-corrected chi connectivity index (χ3v) is 5.38. The van der Waals surface area contributed by atoms with Crippen molar-refractivity contribution in [3.63, 3.8) is 0 Å². The van der Waals surface area contributed by atoms with Gasteiger partial charge in [-0.25, -0.2) is 4.98 Å².